The van der Waals surface area contributed by atoms with Crippen molar-refractivity contribution in [2.75, 3.05) is 5.88 Å². The molecule has 0 N–H and O–H groups in total. The van der Waals surface area contributed by atoms with Crippen molar-refractivity contribution in [1.82, 2.24) is 0 Å². The zero-order valence-corrected chi connectivity index (χ0v) is 6.67. The standard InChI is InChI=1S/C2H4Cl.K/c1-2-3;/h1-2H2;/q-1;+1. The quantitative estimate of drug-likeness (QED) is 0.190. The number of hydrogen-bond donors (Lipinski definition) is 0. The summed E-state index contributed by atoms with van der Waals surface area (Å²) in [5.41, 5.74) is 0. The van der Waals surface area contributed by atoms with E-state index in [-0.39, 0.29) is 51.4 Å². The van der Waals surface area contributed by atoms with E-state index in [0.717, 1.165) is 0 Å². The molecule has 0 unspecified atom stereocenters. The maximum absolute atomic E-state index is 4.89. The van der Waals surface area contributed by atoms with Crippen LogP contribution >= 0.6 is 11.6 Å². The molecule has 0 aliphatic carbocycles. The molecule has 0 heterocycles. The van der Waals surface area contributed by atoms with Gasteiger partial charge in [0.1, 0.15) is 0 Å². The van der Waals surface area contributed by atoms with Crippen LogP contribution < -0.4 is 51.4 Å². The summed E-state index contributed by atoms with van der Waals surface area (Å²) in [6, 6.07) is 0. The van der Waals surface area contributed by atoms with Crippen LogP contribution in [0.2, 0.25) is 0 Å². The van der Waals surface area contributed by atoms with Crippen molar-refractivity contribution in [3.8, 4) is 0 Å². The van der Waals surface area contributed by atoms with Gasteiger partial charge in [0.25, 0.3) is 0 Å². The van der Waals surface area contributed by atoms with Crippen molar-refractivity contribution in [3.63, 3.8) is 0 Å². The molecule has 0 aliphatic rings. The molecule has 0 aromatic carbocycles. The normalized spacial score (nSPS) is 4.50. The topological polar surface area (TPSA) is 0 Å². The summed E-state index contributed by atoms with van der Waals surface area (Å²) >= 11 is 4.89. The molecule has 0 fully saturated rings. The van der Waals surface area contributed by atoms with E-state index in [1.807, 2.05) is 0 Å². The van der Waals surface area contributed by atoms with Crippen molar-refractivity contribution < 1.29 is 51.4 Å². The molecular formula is C2H4ClK. The van der Waals surface area contributed by atoms with Gasteiger partial charge >= 0.3 is 51.4 Å². The summed E-state index contributed by atoms with van der Waals surface area (Å²) in [6.07, 6.45) is 0. The molecule has 0 amide bonds. The van der Waals surface area contributed by atoms with E-state index in [1.54, 1.807) is 0 Å². The van der Waals surface area contributed by atoms with Crippen LogP contribution in [-0.2, 0) is 0 Å². The predicted molar refractivity (Wildman–Crippen MR) is 16.1 cm³/mol. The van der Waals surface area contributed by atoms with Crippen LogP contribution in [-0.4, -0.2) is 5.88 Å². The third-order valence-electron chi connectivity index (χ3n) is 0. The van der Waals surface area contributed by atoms with Crippen molar-refractivity contribution in [1.29, 1.82) is 0 Å². The van der Waals surface area contributed by atoms with Crippen LogP contribution in [0.5, 0.6) is 0 Å². The molecule has 0 spiro atoms. The van der Waals surface area contributed by atoms with Gasteiger partial charge in [-0.15, -0.1) is 5.88 Å². The summed E-state index contributed by atoms with van der Waals surface area (Å²) < 4.78 is 0. The SMILES string of the molecule is [CH2-]CCl.[K+]. The second-order valence-electron chi connectivity index (χ2n) is 0.189. The zero-order chi connectivity index (χ0) is 2.71. The molecule has 0 aromatic heterocycles. The van der Waals surface area contributed by atoms with E-state index in [1.165, 1.54) is 0 Å². The molecule has 4 heavy (non-hydrogen) atoms. The Hall–Kier alpha value is 1.93. The number of halogens is 1. The Morgan fingerprint density at radius 3 is 1.75 bits per heavy atom. The molecule has 0 rings (SSSR count). The molecule has 0 aromatic rings. The minimum atomic E-state index is 0. The molecule has 0 atom stereocenters. The van der Waals surface area contributed by atoms with Gasteiger partial charge in [-0.25, -0.2) is 0 Å². The van der Waals surface area contributed by atoms with Crippen molar-refractivity contribution in [3.05, 3.63) is 6.92 Å². The van der Waals surface area contributed by atoms with Gasteiger partial charge in [0.2, 0.25) is 0 Å². The fraction of sp³-hybridized carbons (Fsp3) is 0.500. The van der Waals surface area contributed by atoms with E-state index >= 15 is 0 Å². The first kappa shape index (κ1) is 9.33. The number of rotatable bonds is 0. The van der Waals surface area contributed by atoms with Gasteiger partial charge in [-0.3, -0.25) is 0 Å². The predicted octanol–water partition coefficient (Wildman–Crippen LogP) is -1.94. The Morgan fingerprint density at radius 2 is 1.75 bits per heavy atom. The van der Waals surface area contributed by atoms with Crippen LogP contribution in [0.1, 0.15) is 0 Å². The average molecular weight is 103 g/mol. The molecule has 0 nitrogen and oxygen atoms in total. The van der Waals surface area contributed by atoms with Gasteiger partial charge in [-0.2, -0.15) is 11.6 Å². The zero-order valence-electron chi connectivity index (χ0n) is 2.79. The molecule has 20 valence electrons. The third-order valence-corrected chi connectivity index (χ3v) is 0. The van der Waals surface area contributed by atoms with Gasteiger partial charge in [0.05, 0.1) is 0 Å². The van der Waals surface area contributed by atoms with Crippen LogP contribution in [0.3, 0.4) is 0 Å². The first-order valence-corrected chi connectivity index (χ1v) is 1.30. The first-order valence-electron chi connectivity index (χ1n) is 0.767. The Balaban J connectivity index is 0. The van der Waals surface area contributed by atoms with Crippen LogP contribution in [0.15, 0.2) is 0 Å². The van der Waals surface area contributed by atoms with Crippen molar-refractivity contribution in [2.24, 2.45) is 0 Å². The molecule has 0 bridgehead atoms. The minimum absolute atomic E-state index is 0. The summed E-state index contributed by atoms with van der Waals surface area (Å²) in [5.74, 6) is 0.472. The largest absolute Gasteiger partial charge is 1.00 e. The van der Waals surface area contributed by atoms with Crippen LogP contribution in [0.4, 0.5) is 0 Å². The van der Waals surface area contributed by atoms with Gasteiger partial charge in [-0.05, 0) is 0 Å². The first-order chi connectivity index (χ1) is 1.41. The van der Waals surface area contributed by atoms with Crippen molar-refractivity contribution >= 4 is 11.6 Å². The fourth-order valence-corrected chi connectivity index (χ4v) is 0. The summed E-state index contributed by atoms with van der Waals surface area (Å²) in [7, 11) is 0. The molecule has 0 radical (unpaired) electrons. The van der Waals surface area contributed by atoms with Crippen molar-refractivity contribution in [2.45, 2.75) is 0 Å². The van der Waals surface area contributed by atoms with Crippen LogP contribution in [0, 0.1) is 6.92 Å². The van der Waals surface area contributed by atoms with Gasteiger partial charge in [0, 0.05) is 0 Å². The summed E-state index contributed by atoms with van der Waals surface area (Å²) in [6.45, 7) is 3.25. The maximum atomic E-state index is 4.89. The Labute approximate surface area is 74.3 Å². The van der Waals surface area contributed by atoms with E-state index < -0.39 is 0 Å². The maximum Gasteiger partial charge on any atom is 1.00 e. The van der Waals surface area contributed by atoms with Gasteiger partial charge in [0.15, 0.2) is 0 Å². The molecule has 0 aliphatic heterocycles. The second-order valence-corrected chi connectivity index (χ2v) is 0.567. The Kier molecular flexibility index (Phi) is 20.7. The number of hydrogen-bond acceptors (Lipinski definition) is 0. The monoisotopic (exact) mass is 102 g/mol. The third kappa shape index (κ3) is 9.06. The number of alkyl halides is 1. The minimum Gasteiger partial charge on any atom is -0.329 e. The smallest absolute Gasteiger partial charge is 0.329 e. The molecule has 2 heteroatoms. The molecule has 0 saturated heterocycles. The van der Waals surface area contributed by atoms with Gasteiger partial charge < -0.3 is 6.92 Å². The van der Waals surface area contributed by atoms with E-state index in [0.29, 0.717) is 5.88 Å². The average Bonchev–Trinajstić information content (AvgIpc) is 0.918. The van der Waals surface area contributed by atoms with Gasteiger partial charge in [-0.1, -0.05) is 0 Å². The molecule has 0 saturated carbocycles. The molecular weight excluding hydrogens is 98.6 g/mol. The Bertz CT molecular complexity index is 6.00. The van der Waals surface area contributed by atoms with E-state index in [9.17, 15) is 0 Å². The summed E-state index contributed by atoms with van der Waals surface area (Å²) in [5, 5.41) is 0. The second kappa shape index (κ2) is 8.87. The van der Waals surface area contributed by atoms with Crippen LogP contribution in [0.25, 0.3) is 0 Å². The summed E-state index contributed by atoms with van der Waals surface area (Å²) in [4.78, 5) is 0. The fourth-order valence-electron chi connectivity index (χ4n) is 0. The van der Waals surface area contributed by atoms with E-state index in [4.69, 9.17) is 11.6 Å². The van der Waals surface area contributed by atoms with E-state index in [2.05, 4.69) is 6.92 Å². The Morgan fingerprint density at radius 1 is 1.75 bits per heavy atom.